The second kappa shape index (κ2) is 12.4. The number of nitriles is 1. The topological polar surface area (TPSA) is 133 Å². The summed E-state index contributed by atoms with van der Waals surface area (Å²) in [5.41, 5.74) is 2.26. The van der Waals surface area contributed by atoms with Crippen molar-refractivity contribution in [1.29, 1.82) is 5.26 Å². The van der Waals surface area contributed by atoms with Gasteiger partial charge < -0.3 is 24.5 Å². The molecule has 1 saturated heterocycles. The maximum absolute atomic E-state index is 13.1. The van der Waals surface area contributed by atoms with Crippen molar-refractivity contribution in [3.63, 3.8) is 0 Å². The number of aromatic amines is 1. The maximum Gasteiger partial charge on any atom is 0.352 e. The number of amides is 1. The number of ether oxygens (including phenoxy) is 2. The number of rotatable bonds is 11. The van der Waals surface area contributed by atoms with Crippen LogP contribution in [0, 0.1) is 11.3 Å². The van der Waals surface area contributed by atoms with Crippen LogP contribution in [0.1, 0.15) is 35.0 Å². The molecule has 0 aliphatic carbocycles. The smallest absolute Gasteiger partial charge is 0.352 e. The van der Waals surface area contributed by atoms with Gasteiger partial charge in [0.2, 0.25) is 5.91 Å². The number of carbonyl (C=O) groups excluding carboxylic acids is 2. The number of nitrogens with zero attached hydrogens (tertiary/aromatic N) is 2. The van der Waals surface area contributed by atoms with Crippen molar-refractivity contribution < 1.29 is 29.0 Å². The average molecular weight is 546 g/mol. The van der Waals surface area contributed by atoms with E-state index in [2.05, 4.69) is 11.6 Å². The zero-order chi connectivity index (χ0) is 27.9. The maximum atomic E-state index is 13.1. The molecule has 1 amide bonds. The Morgan fingerprint density at radius 3 is 2.69 bits per heavy atom. The Morgan fingerprint density at radius 2 is 2.03 bits per heavy atom. The van der Waals surface area contributed by atoms with E-state index in [0.29, 0.717) is 42.6 Å². The molecule has 1 fully saturated rings. The predicted octanol–water partition coefficient (Wildman–Crippen LogP) is 4.81. The summed E-state index contributed by atoms with van der Waals surface area (Å²) < 4.78 is 11.0. The molecule has 0 unspecified atom stereocenters. The van der Waals surface area contributed by atoms with Gasteiger partial charge >= 0.3 is 11.9 Å². The summed E-state index contributed by atoms with van der Waals surface area (Å²) >= 11 is 1.17. The first-order chi connectivity index (χ1) is 18.9. The van der Waals surface area contributed by atoms with Crippen LogP contribution in [-0.4, -0.2) is 51.2 Å². The van der Waals surface area contributed by atoms with Crippen LogP contribution in [0.25, 0.3) is 10.9 Å². The molecule has 200 valence electrons. The molecule has 0 saturated carbocycles. The van der Waals surface area contributed by atoms with Gasteiger partial charge in [-0.1, -0.05) is 60.8 Å². The van der Waals surface area contributed by atoms with Crippen LogP contribution in [-0.2, 0) is 27.4 Å². The fourth-order valence-electron chi connectivity index (χ4n) is 4.31. The van der Waals surface area contributed by atoms with Crippen molar-refractivity contribution in [2.45, 2.75) is 31.6 Å². The molecule has 9 nitrogen and oxygen atoms in total. The van der Waals surface area contributed by atoms with Crippen LogP contribution in [0.2, 0.25) is 0 Å². The minimum absolute atomic E-state index is 0.0346. The summed E-state index contributed by atoms with van der Waals surface area (Å²) in [7, 11) is 0. The molecule has 1 aliphatic rings. The summed E-state index contributed by atoms with van der Waals surface area (Å²) in [4.78, 5) is 41.6. The van der Waals surface area contributed by atoms with E-state index in [9.17, 15) is 24.8 Å². The van der Waals surface area contributed by atoms with Gasteiger partial charge in [-0.15, -0.1) is 0 Å². The second-order valence-corrected chi connectivity index (χ2v) is 9.87. The van der Waals surface area contributed by atoms with Crippen LogP contribution in [0.5, 0.6) is 5.75 Å². The third-order valence-electron chi connectivity index (χ3n) is 6.20. The highest BCUT2D eigenvalue weighted by atomic mass is 32.2. The molecule has 10 heteroatoms. The number of fused-ring (bicyclic) bond motifs is 1. The van der Waals surface area contributed by atoms with E-state index < -0.39 is 17.2 Å². The molecule has 2 N–H and O–H groups in total. The highest BCUT2D eigenvalue weighted by molar-refractivity contribution is 8.04. The van der Waals surface area contributed by atoms with E-state index in [4.69, 9.17) is 9.47 Å². The summed E-state index contributed by atoms with van der Waals surface area (Å²) in [6.07, 6.45) is 2.26. The molecular weight excluding hydrogens is 518 g/mol. The molecule has 0 spiro atoms. The minimum atomic E-state index is -1.09. The molecule has 4 rings (SSSR count). The Balaban J connectivity index is 1.57. The number of esters is 1. The lowest BCUT2D eigenvalue weighted by Gasteiger charge is -2.15. The number of hydrogen-bond acceptors (Lipinski definition) is 7. The minimum Gasteiger partial charge on any atom is -0.488 e. The molecular formula is C29H27N3O6S. The number of thioether (sulfide) groups is 1. The van der Waals surface area contributed by atoms with Crippen molar-refractivity contribution in [3.05, 3.63) is 88.6 Å². The first-order valence-corrected chi connectivity index (χ1v) is 13.2. The van der Waals surface area contributed by atoms with Gasteiger partial charge in [-0.2, -0.15) is 5.26 Å². The van der Waals surface area contributed by atoms with Gasteiger partial charge in [0.05, 0.1) is 10.8 Å². The number of benzene rings is 2. The molecule has 0 bridgehead atoms. The highest BCUT2D eigenvalue weighted by Gasteiger charge is 2.39. The SMILES string of the molecule is C=CCOC(=O)/C(C#N)=C1\S[C@H](CCc2ccc(OCc3ccccc3)c3cc(C(=O)O)[nH]c23)C(=O)N1CC. The number of carboxylic acid groups (broad SMARTS) is 1. The lowest BCUT2D eigenvalue weighted by molar-refractivity contribution is -0.137. The number of hydrogen-bond donors (Lipinski definition) is 2. The first-order valence-electron chi connectivity index (χ1n) is 12.3. The fraction of sp³-hybridized carbons (Fsp3) is 0.241. The summed E-state index contributed by atoms with van der Waals surface area (Å²) in [6, 6.07) is 16.7. The van der Waals surface area contributed by atoms with Crippen molar-refractivity contribution in [2.75, 3.05) is 13.2 Å². The quantitative estimate of drug-likeness (QED) is 0.152. The van der Waals surface area contributed by atoms with Gasteiger partial charge in [0, 0.05) is 11.9 Å². The molecule has 0 radical (unpaired) electrons. The second-order valence-electron chi connectivity index (χ2n) is 8.68. The largest absolute Gasteiger partial charge is 0.488 e. The zero-order valence-electron chi connectivity index (χ0n) is 21.3. The molecule has 3 aromatic rings. The number of aromatic nitrogens is 1. The number of H-pyrrole nitrogens is 1. The summed E-state index contributed by atoms with van der Waals surface area (Å²) in [6.45, 7) is 5.86. The van der Waals surface area contributed by atoms with E-state index in [1.165, 1.54) is 22.7 Å². The number of aryl methyl sites for hydroxylation is 1. The molecule has 1 aromatic heterocycles. The highest BCUT2D eigenvalue weighted by Crippen LogP contribution is 2.40. The van der Waals surface area contributed by atoms with E-state index in [-0.39, 0.29) is 28.8 Å². The fourth-order valence-corrected chi connectivity index (χ4v) is 5.64. The Labute approximate surface area is 229 Å². The number of nitrogens with one attached hydrogen (secondary N) is 1. The number of aromatic carboxylic acids is 1. The van der Waals surface area contributed by atoms with Crippen LogP contribution >= 0.6 is 11.8 Å². The van der Waals surface area contributed by atoms with Crippen molar-refractivity contribution >= 4 is 40.5 Å². The number of carbonyl (C=O) groups is 3. The van der Waals surface area contributed by atoms with Crippen LogP contribution < -0.4 is 4.74 Å². The Morgan fingerprint density at radius 1 is 1.26 bits per heavy atom. The normalized spacial score (nSPS) is 16.2. The third-order valence-corrected chi connectivity index (χ3v) is 7.57. The standard InChI is InChI=1S/C29H27N3O6S/c1-3-14-37-29(36)21(16-30)27-32(4-2)26(33)24(39-27)13-11-19-10-12-23(38-17-18-8-6-5-7-9-18)20-15-22(28(34)35)31-25(19)20/h3,5-10,12,15,24,31H,1,4,11,13-14,17H2,2H3,(H,34,35)/b27-21-/t24-/m1/s1. The van der Waals surface area contributed by atoms with E-state index in [1.54, 1.807) is 19.1 Å². The van der Waals surface area contributed by atoms with Crippen molar-refractivity contribution in [1.82, 2.24) is 9.88 Å². The molecule has 1 aliphatic heterocycles. The van der Waals surface area contributed by atoms with E-state index in [1.807, 2.05) is 42.5 Å². The van der Waals surface area contributed by atoms with Gasteiger partial charge in [0.15, 0.2) is 5.57 Å². The molecule has 1 atom stereocenters. The van der Waals surface area contributed by atoms with Gasteiger partial charge in [-0.25, -0.2) is 9.59 Å². The molecule has 39 heavy (non-hydrogen) atoms. The Kier molecular flexibility index (Phi) is 8.74. The van der Waals surface area contributed by atoms with Crippen LogP contribution in [0.3, 0.4) is 0 Å². The van der Waals surface area contributed by atoms with Crippen molar-refractivity contribution in [3.8, 4) is 11.8 Å². The number of carboxylic acids is 1. The van der Waals surface area contributed by atoms with Crippen LogP contribution in [0.4, 0.5) is 0 Å². The first kappa shape index (κ1) is 27.5. The molecule has 2 aromatic carbocycles. The zero-order valence-corrected chi connectivity index (χ0v) is 22.1. The monoisotopic (exact) mass is 545 g/mol. The Bertz CT molecular complexity index is 1490. The van der Waals surface area contributed by atoms with E-state index >= 15 is 0 Å². The van der Waals surface area contributed by atoms with Gasteiger partial charge in [-0.3, -0.25) is 4.79 Å². The third kappa shape index (κ3) is 5.99. The lowest BCUT2D eigenvalue weighted by atomic mass is 10.0. The predicted molar refractivity (Wildman–Crippen MR) is 147 cm³/mol. The molecule has 2 heterocycles. The average Bonchev–Trinajstić information content (AvgIpc) is 3.53. The summed E-state index contributed by atoms with van der Waals surface area (Å²) in [5.74, 6) is -1.54. The lowest BCUT2D eigenvalue weighted by Crippen LogP contribution is -2.29. The van der Waals surface area contributed by atoms with Gasteiger partial charge in [0.1, 0.15) is 35.8 Å². The van der Waals surface area contributed by atoms with Gasteiger partial charge in [0.25, 0.3) is 0 Å². The summed E-state index contributed by atoms with van der Waals surface area (Å²) in [5, 5.41) is 19.6. The van der Waals surface area contributed by atoms with E-state index in [0.717, 1.165) is 11.1 Å². The van der Waals surface area contributed by atoms with Crippen molar-refractivity contribution in [2.24, 2.45) is 0 Å². The Hall–Kier alpha value is -4.49. The van der Waals surface area contributed by atoms with Crippen LogP contribution in [0.15, 0.2) is 71.8 Å². The van der Waals surface area contributed by atoms with Gasteiger partial charge in [-0.05, 0) is 43.0 Å².